The van der Waals surface area contributed by atoms with Gasteiger partial charge >= 0.3 is 0 Å². The summed E-state index contributed by atoms with van der Waals surface area (Å²) in [5, 5.41) is 5.31. The lowest BCUT2D eigenvalue weighted by molar-refractivity contribution is 0.171. The summed E-state index contributed by atoms with van der Waals surface area (Å²) in [5.74, 6) is 2.57. The second-order valence-electron chi connectivity index (χ2n) is 5.51. The number of benzene rings is 1. The van der Waals surface area contributed by atoms with Crippen molar-refractivity contribution < 1.29 is 14.2 Å². The van der Waals surface area contributed by atoms with Gasteiger partial charge in [-0.1, -0.05) is 0 Å². The monoisotopic (exact) mass is 356 g/mol. The third-order valence-electron chi connectivity index (χ3n) is 4.03. The Labute approximate surface area is 148 Å². The van der Waals surface area contributed by atoms with E-state index >= 15 is 0 Å². The standard InChI is InChI=1S/C17H16N4O3S/c1-9-10(2)25-17-14(9)16(18-7-19-17)21-20-6-11-4-12(22-3)15-13(5-11)23-8-24-15/h4-7H,8H2,1-3H3,(H,18,19,21)/b20-6-. The third-order valence-corrected chi connectivity index (χ3v) is 5.15. The van der Waals surface area contributed by atoms with E-state index < -0.39 is 0 Å². The lowest BCUT2D eigenvalue weighted by Gasteiger charge is -2.06. The maximum absolute atomic E-state index is 5.42. The molecule has 25 heavy (non-hydrogen) atoms. The SMILES string of the molecule is COc1cc(/C=N\Nc2ncnc3sc(C)c(C)c23)cc2c1OCO2. The van der Waals surface area contributed by atoms with Crippen LogP contribution in [0.5, 0.6) is 17.2 Å². The number of hydrogen-bond acceptors (Lipinski definition) is 8. The molecule has 2 aromatic heterocycles. The summed E-state index contributed by atoms with van der Waals surface area (Å²) in [6.07, 6.45) is 3.23. The number of anilines is 1. The van der Waals surface area contributed by atoms with Gasteiger partial charge in [-0.15, -0.1) is 11.3 Å². The van der Waals surface area contributed by atoms with Crippen molar-refractivity contribution in [1.29, 1.82) is 0 Å². The van der Waals surface area contributed by atoms with E-state index in [0.29, 0.717) is 23.1 Å². The van der Waals surface area contributed by atoms with Crippen molar-refractivity contribution in [3.63, 3.8) is 0 Å². The Balaban J connectivity index is 1.62. The van der Waals surface area contributed by atoms with Crippen LogP contribution in [0.2, 0.25) is 0 Å². The van der Waals surface area contributed by atoms with E-state index in [0.717, 1.165) is 15.8 Å². The van der Waals surface area contributed by atoms with Gasteiger partial charge in [0.15, 0.2) is 17.3 Å². The summed E-state index contributed by atoms with van der Waals surface area (Å²) >= 11 is 1.65. The molecule has 0 unspecified atom stereocenters. The summed E-state index contributed by atoms with van der Waals surface area (Å²) in [4.78, 5) is 10.8. The molecular weight excluding hydrogens is 340 g/mol. The van der Waals surface area contributed by atoms with Gasteiger partial charge in [-0.2, -0.15) is 5.10 Å². The molecule has 4 rings (SSSR count). The molecule has 0 aliphatic carbocycles. The highest BCUT2D eigenvalue weighted by atomic mass is 32.1. The molecule has 1 aromatic carbocycles. The molecule has 3 heterocycles. The Kier molecular flexibility index (Phi) is 3.89. The summed E-state index contributed by atoms with van der Waals surface area (Å²) in [7, 11) is 1.59. The Morgan fingerprint density at radius 3 is 3.00 bits per heavy atom. The first kappa shape index (κ1) is 15.6. The highest BCUT2D eigenvalue weighted by Crippen LogP contribution is 2.41. The van der Waals surface area contributed by atoms with E-state index in [9.17, 15) is 0 Å². The summed E-state index contributed by atoms with van der Waals surface area (Å²) < 4.78 is 16.1. The zero-order chi connectivity index (χ0) is 17.4. The fourth-order valence-corrected chi connectivity index (χ4v) is 3.66. The van der Waals surface area contributed by atoms with Crippen LogP contribution in [-0.4, -0.2) is 30.1 Å². The molecule has 0 bridgehead atoms. The van der Waals surface area contributed by atoms with Gasteiger partial charge in [0.25, 0.3) is 0 Å². The molecule has 0 radical (unpaired) electrons. The second-order valence-corrected chi connectivity index (χ2v) is 6.72. The Hall–Kier alpha value is -2.87. The van der Waals surface area contributed by atoms with Crippen LogP contribution in [0.1, 0.15) is 16.0 Å². The zero-order valence-electron chi connectivity index (χ0n) is 14.0. The van der Waals surface area contributed by atoms with Crippen LogP contribution in [-0.2, 0) is 0 Å². The second kappa shape index (κ2) is 6.21. The van der Waals surface area contributed by atoms with Gasteiger partial charge in [-0.25, -0.2) is 9.97 Å². The van der Waals surface area contributed by atoms with E-state index in [2.05, 4.69) is 34.3 Å². The molecule has 0 amide bonds. The molecule has 0 spiro atoms. The quantitative estimate of drug-likeness (QED) is 0.569. The number of nitrogens with one attached hydrogen (secondary N) is 1. The van der Waals surface area contributed by atoms with E-state index in [-0.39, 0.29) is 6.79 Å². The number of aromatic nitrogens is 2. The number of hydrogen-bond donors (Lipinski definition) is 1. The van der Waals surface area contributed by atoms with Crippen molar-refractivity contribution >= 4 is 33.6 Å². The molecule has 1 aliphatic rings. The predicted molar refractivity (Wildman–Crippen MR) is 97.2 cm³/mol. The summed E-state index contributed by atoms with van der Waals surface area (Å²) in [6, 6.07) is 3.69. The molecule has 1 aliphatic heterocycles. The van der Waals surface area contributed by atoms with Gasteiger partial charge in [0.05, 0.1) is 18.7 Å². The number of thiophene rings is 1. The lowest BCUT2D eigenvalue weighted by atomic mass is 10.2. The fourth-order valence-electron chi connectivity index (χ4n) is 2.66. The van der Waals surface area contributed by atoms with Crippen LogP contribution in [0, 0.1) is 13.8 Å². The Morgan fingerprint density at radius 2 is 2.16 bits per heavy atom. The lowest BCUT2D eigenvalue weighted by Crippen LogP contribution is -1.96. The number of hydrazone groups is 1. The van der Waals surface area contributed by atoms with Crippen LogP contribution in [0.15, 0.2) is 23.6 Å². The molecule has 0 atom stereocenters. The van der Waals surface area contributed by atoms with Gasteiger partial charge in [-0.05, 0) is 31.5 Å². The normalized spacial score (nSPS) is 12.9. The first-order valence-corrected chi connectivity index (χ1v) is 8.46. The van der Waals surface area contributed by atoms with Crippen LogP contribution >= 0.6 is 11.3 Å². The molecule has 0 saturated heterocycles. The minimum absolute atomic E-state index is 0.195. The van der Waals surface area contributed by atoms with Gasteiger partial charge in [0.2, 0.25) is 12.5 Å². The van der Waals surface area contributed by atoms with Crippen molar-refractivity contribution in [3.8, 4) is 17.2 Å². The number of fused-ring (bicyclic) bond motifs is 2. The average molecular weight is 356 g/mol. The maximum atomic E-state index is 5.42. The molecule has 1 N–H and O–H groups in total. The van der Waals surface area contributed by atoms with Crippen LogP contribution in [0.4, 0.5) is 5.82 Å². The minimum atomic E-state index is 0.195. The number of nitrogens with zero attached hydrogens (tertiary/aromatic N) is 3. The predicted octanol–water partition coefficient (Wildman–Crippen LogP) is 3.49. The highest BCUT2D eigenvalue weighted by molar-refractivity contribution is 7.18. The topological polar surface area (TPSA) is 77.9 Å². The Morgan fingerprint density at radius 1 is 1.28 bits per heavy atom. The largest absolute Gasteiger partial charge is 0.493 e. The van der Waals surface area contributed by atoms with Crippen molar-refractivity contribution in [2.45, 2.75) is 13.8 Å². The fraction of sp³-hybridized carbons (Fsp3) is 0.235. The summed E-state index contributed by atoms with van der Waals surface area (Å²) in [5.41, 5.74) is 5.01. The van der Waals surface area contributed by atoms with Crippen LogP contribution in [0.25, 0.3) is 10.2 Å². The first-order chi connectivity index (χ1) is 12.2. The summed E-state index contributed by atoms with van der Waals surface area (Å²) in [6.45, 7) is 4.34. The van der Waals surface area contributed by atoms with Gasteiger partial charge in [0.1, 0.15) is 11.2 Å². The molecule has 0 fully saturated rings. The number of methoxy groups -OCH3 is 1. The first-order valence-electron chi connectivity index (χ1n) is 7.65. The zero-order valence-corrected chi connectivity index (χ0v) is 14.8. The number of aryl methyl sites for hydroxylation is 2. The van der Waals surface area contributed by atoms with E-state index in [1.807, 2.05) is 12.1 Å². The van der Waals surface area contributed by atoms with E-state index in [1.165, 1.54) is 10.4 Å². The molecule has 3 aromatic rings. The molecular formula is C17H16N4O3S. The maximum Gasteiger partial charge on any atom is 0.231 e. The third kappa shape index (κ3) is 2.74. The number of ether oxygens (including phenoxy) is 3. The average Bonchev–Trinajstić information content (AvgIpc) is 3.19. The number of rotatable bonds is 4. The molecule has 128 valence electrons. The van der Waals surface area contributed by atoms with Crippen LogP contribution in [0.3, 0.4) is 0 Å². The van der Waals surface area contributed by atoms with Gasteiger partial charge in [0, 0.05) is 10.4 Å². The van der Waals surface area contributed by atoms with Crippen molar-refractivity contribution in [3.05, 3.63) is 34.5 Å². The van der Waals surface area contributed by atoms with Gasteiger partial charge < -0.3 is 14.2 Å². The van der Waals surface area contributed by atoms with Crippen LogP contribution < -0.4 is 19.6 Å². The van der Waals surface area contributed by atoms with Crippen molar-refractivity contribution in [2.75, 3.05) is 19.3 Å². The van der Waals surface area contributed by atoms with Crippen molar-refractivity contribution in [1.82, 2.24) is 9.97 Å². The van der Waals surface area contributed by atoms with Crippen molar-refractivity contribution in [2.24, 2.45) is 5.10 Å². The van der Waals surface area contributed by atoms with Gasteiger partial charge in [-0.3, -0.25) is 5.43 Å². The van der Waals surface area contributed by atoms with E-state index in [1.54, 1.807) is 31.0 Å². The minimum Gasteiger partial charge on any atom is -0.493 e. The molecule has 8 heteroatoms. The molecule has 7 nitrogen and oxygen atoms in total. The highest BCUT2D eigenvalue weighted by Gasteiger charge is 2.19. The molecule has 0 saturated carbocycles. The Bertz CT molecular complexity index is 984. The smallest absolute Gasteiger partial charge is 0.231 e. The van der Waals surface area contributed by atoms with E-state index in [4.69, 9.17) is 14.2 Å².